The van der Waals surface area contributed by atoms with Crippen molar-refractivity contribution >= 4 is 5.95 Å². The Labute approximate surface area is 122 Å². The van der Waals surface area contributed by atoms with Gasteiger partial charge in [0.1, 0.15) is 5.82 Å². The number of ether oxygens (including phenoxy) is 1. The van der Waals surface area contributed by atoms with Gasteiger partial charge >= 0.3 is 0 Å². The number of halogens is 1. The van der Waals surface area contributed by atoms with Crippen LogP contribution >= 0.6 is 0 Å². The molecule has 112 valence electrons. The van der Waals surface area contributed by atoms with Crippen LogP contribution in [0.5, 0.6) is 0 Å². The average molecular weight is 291 g/mol. The van der Waals surface area contributed by atoms with E-state index in [-0.39, 0.29) is 11.9 Å². The van der Waals surface area contributed by atoms with Crippen molar-refractivity contribution in [3.63, 3.8) is 0 Å². The van der Waals surface area contributed by atoms with E-state index in [0.717, 1.165) is 31.7 Å². The Bertz CT molecular complexity index is 585. The molecular weight excluding hydrogens is 273 g/mol. The second-order valence-electron chi connectivity index (χ2n) is 5.27. The first-order valence-corrected chi connectivity index (χ1v) is 7.14. The molecule has 0 aliphatic carbocycles. The summed E-state index contributed by atoms with van der Waals surface area (Å²) in [7, 11) is 0. The van der Waals surface area contributed by atoms with Gasteiger partial charge in [-0.05, 0) is 36.2 Å². The van der Waals surface area contributed by atoms with Gasteiger partial charge in [0.25, 0.3) is 5.95 Å². The molecule has 0 N–H and O–H groups in total. The molecule has 0 radical (unpaired) electrons. The lowest BCUT2D eigenvalue weighted by atomic mass is 10.1. The van der Waals surface area contributed by atoms with E-state index in [9.17, 15) is 4.39 Å². The zero-order valence-corrected chi connectivity index (χ0v) is 12.0. The van der Waals surface area contributed by atoms with Gasteiger partial charge in [-0.25, -0.2) is 4.39 Å². The summed E-state index contributed by atoms with van der Waals surface area (Å²) in [5.41, 5.74) is 0.944. The molecule has 1 saturated heterocycles. The van der Waals surface area contributed by atoms with Crippen molar-refractivity contribution in [2.24, 2.45) is 0 Å². The van der Waals surface area contributed by atoms with E-state index in [1.165, 1.54) is 12.1 Å². The molecule has 5 nitrogen and oxygen atoms in total. The topological polar surface area (TPSA) is 51.4 Å². The highest BCUT2D eigenvalue weighted by Crippen LogP contribution is 2.16. The van der Waals surface area contributed by atoms with Gasteiger partial charge in [-0.15, -0.1) is 0 Å². The second-order valence-corrected chi connectivity index (χ2v) is 5.27. The van der Waals surface area contributed by atoms with Gasteiger partial charge in [-0.2, -0.15) is 4.98 Å². The summed E-state index contributed by atoms with van der Waals surface area (Å²) < 4.78 is 23.8. The lowest BCUT2D eigenvalue weighted by Crippen LogP contribution is -2.30. The molecule has 3 rings (SSSR count). The Morgan fingerprint density at radius 3 is 2.95 bits per heavy atom. The number of rotatable bonds is 3. The number of hydrogen-bond donors (Lipinski definition) is 0. The van der Waals surface area contributed by atoms with Gasteiger partial charge < -0.3 is 14.2 Å². The van der Waals surface area contributed by atoms with Crippen LogP contribution in [0, 0.1) is 5.82 Å². The quantitative estimate of drug-likeness (QED) is 0.869. The van der Waals surface area contributed by atoms with Gasteiger partial charge in [0, 0.05) is 19.7 Å². The summed E-state index contributed by atoms with van der Waals surface area (Å²) in [6.07, 6.45) is 1.62. The van der Waals surface area contributed by atoms with Gasteiger partial charge in [0.15, 0.2) is 0 Å². The van der Waals surface area contributed by atoms with Crippen LogP contribution in [0.1, 0.15) is 24.8 Å². The molecule has 1 aliphatic heterocycles. The third kappa shape index (κ3) is 3.58. The first kappa shape index (κ1) is 14.0. The Morgan fingerprint density at radius 1 is 1.33 bits per heavy atom. The van der Waals surface area contributed by atoms with E-state index in [0.29, 0.717) is 18.3 Å². The minimum atomic E-state index is -0.247. The van der Waals surface area contributed by atoms with Crippen molar-refractivity contribution in [2.45, 2.75) is 25.9 Å². The van der Waals surface area contributed by atoms with Crippen LogP contribution < -0.4 is 4.90 Å². The minimum Gasteiger partial charge on any atom is -0.377 e. The van der Waals surface area contributed by atoms with Crippen molar-refractivity contribution in [2.75, 3.05) is 24.6 Å². The summed E-state index contributed by atoms with van der Waals surface area (Å²) in [6.45, 7) is 4.42. The molecule has 2 heterocycles. The molecule has 1 atom stereocenters. The van der Waals surface area contributed by atoms with E-state index in [1.54, 1.807) is 12.1 Å². The Kier molecular flexibility index (Phi) is 4.15. The highest BCUT2D eigenvalue weighted by atomic mass is 19.1. The maximum absolute atomic E-state index is 12.9. The van der Waals surface area contributed by atoms with Gasteiger partial charge in [0.2, 0.25) is 5.89 Å². The molecule has 6 heteroatoms. The number of aromatic nitrogens is 2. The van der Waals surface area contributed by atoms with E-state index in [4.69, 9.17) is 9.26 Å². The number of hydrogen-bond acceptors (Lipinski definition) is 5. The fourth-order valence-electron chi connectivity index (χ4n) is 2.40. The first-order valence-electron chi connectivity index (χ1n) is 7.14. The van der Waals surface area contributed by atoms with E-state index in [2.05, 4.69) is 15.0 Å². The molecule has 2 aromatic rings. The fourth-order valence-corrected chi connectivity index (χ4v) is 2.40. The molecule has 1 aromatic heterocycles. The van der Waals surface area contributed by atoms with Crippen molar-refractivity contribution in [3.8, 4) is 0 Å². The predicted molar refractivity (Wildman–Crippen MR) is 75.7 cm³/mol. The van der Waals surface area contributed by atoms with Crippen LogP contribution in [0.15, 0.2) is 28.8 Å². The second kappa shape index (κ2) is 6.22. The van der Waals surface area contributed by atoms with Crippen LogP contribution in [0.4, 0.5) is 10.3 Å². The summed E-state index contributed by atoms with van der Waals surface area (Å²) in [6, 6.07) is 6.31. The molecule has 0 spiro atoms. The summed E-state index contributed by atoms with van der Waals surface area (Å²) in [5, 5.41) is 4.04. The van der Waals surface area contributed by atoms with Gasteiger partial charge in [-0.3, -0.25) is 0 Å². The van der Waals surface area contributed by atoms with Crippen LogP contribution in [-0.4, -0.2) is 35.9 Å². The lowest BCUT2D eigenvalue weighted by molar-refractivity contribution is 0.0820. The average Bonchev–Trinajstić information content (AvgIpc) is 2.82. The van der Waals surface area contributed by atoms with Crippen LogP contribution in [-0.2, 0) is 11.2 Å². The lowest BCUT2D eigenvalue weighted by Gasteiger charge is -2.19. The minimum absolute atomic E-state index is 0.159. The van der Waals surface area contributed by atoms with Gasteiger partial charge in [-0.1, -0.05) is 12.1 Å². The molecule has 0 bridgehead atoms. The molecule has 21 heavy (non-hydrogen) atoms. The maximum Gasteiger partial charge on any atom is 0.266 e. The number of nitrogens with zero attached hydrogens (tertiary/aromatic N) is 3. The van der Waals surface area contributed by atoms with Crippen molar-refractivity contribution in [3.05, 3.63) is 41.5 Å². The van der Waals surface area contributed by atoms with Crippen LogP contribution in [0.25, 0.3) is 0 Å². The molecule has 0 amide bonds. The van der Waals surface area contributed by atoms with E-state index in [1.807, 2.05) is 6.92 Å². The van der Waals surface area contributed by atoms with Crippen LogP contribution in [0.3, 0.4) is 0 Å². The highest BCUT2D eigenvalue weighted by Gasteiger charge is 2.19. The third-order valence-electron chi connectivity index (χ3n) is 3.46. The zero-order chi connectivity index (χ0) is 14.7. The SMILES string of the molecule is C[C@H]1CN(c2noc(Cc3ccc(F)cc3)n2)CCCO1. The zero-order valence-electron chi connectivity index (χ0n) is 12.0. The molecule has 0 unspecified atom stereocenters. The van der Waals surface area contributed by atoms with Crippen molar-refractivity contribution < 1.29 is 13.7 Å². The molecule has 1 aliphatic rings. The first-order chi connectivity index (χ1) is 10.2. The number of anilines is 1. The Hall–Kier alpha value is -1.95. The largest absolute Gasteiger partial charge is 0.377 e. The molecular formula is C15H18FN3O2. The van der Waals surface area contributed by atoms with E-state index >= 15 is 0 Å². The van der Waals surface area contributed by atoms with Crippen molar-refractivity contribution in [1.82, 2.24) is 10.1 Å². The Morgan fingerprint density at radius 2 is 2.14 bits per heavy atom. The standard InChI is InChI=1S/C15H18FN3O2/c1-11-10-19(7-2-8-20-11)15-17-14(21-18-15)9-12-3-5-13(16)6-4-12/h3-6,11H,2,7-10H2,1H3/t11-/m0/s1. The summed E-state index contributed by atoms with van der Waals surface area (Å²) in [4.78, 5) is 6.51. The van der Waals surface area contributed by atoms with Crippen LogP contribution in [0.2, 0.25) is 0 Å². The normalized spacial score (nSPS) is 19.5. The molecule has 1 fully saturated rings. The summed E-state index contributed by atoms with van der Waals surface area (Å²) in [5.74, 6) is 0.891. The monoisotopic (exact) mass is 291 g/mol. The maximum atomic E-state index is 12.9. The fraction of sp³-hybridized carbons (Fsp3) is 0.467. The van der Waals surface area contributed by atoms with Crippen molar-refractivity contribution in [1.29, 1.82) is 0 Å². The molecule has 0 saturated carbocycles. The highest BCUT2D eigenvalue weighted by molar-refractivity contribution is 5.29. The van der Waals surface area contributed by atoms with Gasteiger partial charge in [0.05, 0.1) is 12.5 Å². The summed E-state index contributed by atoms with van der Waals surface area (Å²) >= 11 is 0. The smallest absolute Gasteiger partial charge is 0.266 e. The Balaban J connectivity index is 1.69. The third-order valence-corrected chi connectivity index (χ3v) is 3.46. The number of benzene rings is 1. The predicted octanol–water partition coefficient (Wildman–Crippen LogP) is 2.41. The van der Waals surface area contributed by atoms with E-state index < -0.39 is 0 Å². The molecule has 1 aromatic carbocycles.